The van der Waals surface area contributed by atoms with Gasteiger partial charge in [0.2, 0.25) is 10.0 Å². The highest BCUT2D eigenvalue weighted by Crippen LogP contribution is 2.31. The lowest BCUT2D eigenvalue weighted by molar-refractivity contribution is 0.155. The van der Waals surface area contributed by atoms with Crippen molar-refractivity contribution in [3.8, 4) is 5.75 Å². The maximum atomic E-state index is 12.9. The maximum absolute atomic E-state index is 12.9. The maximum Gasteiger partial charge on any atom is 0.243 e. The fourth-order valence-corrected chi connectivity index (χ4v) is 4.75. The van der Waals surface area contributed by atoms with E-state index in [0.29, 0.717) is 31.9 Å². The first kappa shape index (κ1) is 21.7. The first-order valence-electron chi connectivity index (χ1n) is 8.81. The van der Waals surface area contributed by atoms with Crippen LogP contribution in [-0.4, -0.2) is 31.9 Å². The molecule has 1 atom stereocenters. The highest BCUT2D eigenvalue weighted by atomic mass is 35.5. The van der Waals surface area contributed by atoms with Crippen molar-refractivity contribution in [1.82, 2.24) is 4.31 Å². The zero-order valence-corrected chi connectivity index (χ0v) is 17.3. The summed E-state index contributed by atoms with van der Waals surface area (Å²) < 4.78 is 33.1. The topological polar surface area (TPSA) is 72.6 Å². The van der Waals surface area contributed by atoms with E-state index in [1.54, 1.807) is 24.3 Å². The Morgan fingerprint density at radius 3 is 2.33 bits per heavy atom. The number of piperidine rings is 1. The average molecular weight is 411 g/mol. The van der Waals surface area contributed by atoms with E-state index in [4.69, 9.17) is 10.5 Å². The molecule has 2 aromatic carbocycles. The predicted molar refractivity (Wildman–Crippen MR) is 110 cm³/mol. The average Bonchev–Trinajstić information content (AvgIpc) is 2.63. The van der Waals surface area contributed by atoms with Crippen LogP contribution in [0.3, 0.4) is 0 Å². The summed E-state index contributed by atoms with van der Waals surface area (Å²) >= 11 is 0. The molecule has 2 aromatic rings. The number of benzene rings is 2. The normalized spacial score (nSPS) is 19.9. The van der Waals surface area contributed by atoms with Crippen LogP contribution in [0, 0.1) is 5.41 Å². The Bertz CT molecular complexity index is 839. The lowest BCUT2D eigenvalue weighted by atomic mass is 9.81. The van der Waals surface area contributed by atoms with E-state index in [9.17, 15) is 8.42 Å². The van der Waals surface area contributed by atoms with E-state index in [2.05, 4.69) is 0 Å². The standard InChI is InChI=1S/C20H26N2O3S.ClH/c1-20(2)15-22(13-12-19(20)21)26(23,24)18-10-8-17(9-11-18)25-14-16-6-4-3-5-7-16;/h3-11,19H,12-15,21H2,1-2H3;1H. The first-order chi connectivity index (χ1) is 12.3. The molecule has 0 aliphatic carbocycles. The molecule has 7 heteroatoms. The summed E-state index contributed by atoms with van der Waals surface area (Å²) in [5.41, 5.74) is 6.95. The molecule has 1 aliphatic heterocycles. The van der Waals surface area contributed by atoms with Crippen molar-refractivity contribution in [2.24, 2.45) is 11.1 Å². The van der Waals surface area contributed by atoms with Crippen molar-refractivity contribution in [2.75, 3.05) is 13.1 Å². The van der Waals surface area contributed by atoms with Crippen molar-refractivity contribution < 1.29 is 13.2 Å². The number of halogens is 1. The second-order valence-electron chi connectivity index (χ2n) is 7.47. The van der Waals surface area contributed by atoms with E-state index in [-0.39, 0.29) is 28.8 Å². The molecule has 0 spiro atoms. The summed E-state index contributed by atoms with van der Waals surface area (Å²) in [5.74, 6) is 0.647. The number of nitrogens with two attached hydrogens (primary N) is 1. The van der Waals surface area contributed by atoms with Crippen molar-refractivity contribution in [3.63, 3.8) is 0 Å². The van der Waals surface area contributed by atoms with Gasteiger partial charge in [0.1, 0.15) is 12.4 Å². The van der Waals surface area contributed by atoms with Gasteiger partial charge in [-0.2, -0.15) is 4.31 Å². The fraction of sp³-hybridized carbons (Fsp3) is 0.400. The lowest BCUT2D eigenvalue weighted by Gasteiger charge is -2.41. The minimum Gasteiger partial charge on any atom is -0.489 e. The molecule has 0 saturated carbocycles. The van der Waals surface area contributed by atoms with Crippen molar-refractivity contribution >= 4 is 22.4 Å². The van der Waals surface area contributed by atoms with Crippen LogP contribution in [0.2, 0.25) is 0 Å². The SMILES string of the molecule is CC1(C)CN(S(=O)(=O)c2ccc(OCc3ccccc3)cc2)CCC1N.Cl. The Morgan fingerprint density at radius 2 is 1.74 bits per heavy atom. The van der Waals surface area contributed by atoms with Gasteiger partial charge < -0.3 is 10.5 Å². The van der Waals surface area contributed by atoms with Crippen molar-refractivity contribution in [3.05, 3.63) is 60.2 Å². The number of rotatable bonds is 5. The fourth-order valence-electron chi connectivity index (χ4n) is 3.13. The van der Waals surface area contributed by atoms with Gasteiger partial charge in [0, 0.05) is 19.1 Å². The summed E-state index contributed by atoms with van der Waals surface area (Å²) in [7, 11) is -3.52. The third kappa shape index (κ3) is 5.02. The molecule has 3 rings (SSSR count). The van der Waals surface area contributed by atoms with Gasteiger partial charge in [0.05, 0.1) is 4.90 Å². The molecule has 0 radical (unpaired) electrons. The third-order valence-electron chi connectivity index (χ3n) is 4.99. The zero-order chi connectivity index (χ0) is 18.8. The first-order valence-corrected chi connectivity index (χ1v) is 10.3. The number of sulfonamides is 1. The Morgan fingerprint density at radius 1 is 1.11 bits per heavy atom. The molecule has 1 unspecified atom stereocenters. The smallest absolute Gasteiger partial charge is 0.243 e. The summed E-state index contributed by atoms with van der Waals surface area (Å²) in [4.78, 5) is 0.288. The molecule has 2 N–H and O–H groups in total. The highest BCUT2D eigenvalue weighted by molar-refractivity contribution is 7.89. The number of hydrogen-bond acceptors (Lipinski definition) is 4. The Kier molecular flexibility index (Phi) is 6.92. The number of hydrogen-bond donors (Lipinski definition) is 1. The zero-order valence-electron chi connectivity index (χ0n) is 15.7. The van der Waals surface area contributed by atoms with Gasteiger partial charge >= 0.3 is 0 Å². The second kappa shape index (κ2) is 8.61. The quantitative estimate of drug-likeness (QED) is 0.819. The lowest BCUT2D eigenvalue weighted by Crippen LogP contribution is -2.53. The van der Waals surface area contributed by atoms with E-state index in [0.717, 1.165) is 5.56 Å². The van der Waals surface area contributed by atoms with Crippen LogP contribution < -0.4 is 10.5 Å². The van der Waals surface area contributed by atoms with Crippen molar-refractivity contribution in [2.45, 2.75) is 37.8 Å². The molecule has 1 heterocycles. The van der Waals surface area contributed by atoms with Gasteiger partial charge in [0.15, 0.2) is 0 Å². The van der Waals surface area contributed by atoms with E-state index in [1.165, 1.54) is 4.31 Å². The molecular weight excluding hydrogens is 384 g/mol. The minimum absolute atomic E-state index is 0. The van der Waals surface area contributed by atoms with E-state index < -0.39 is 10.0 Å². The van der Waals surface area contributed by atoms with Gasteiger partial charge in [-0.1, -0.05) is 44.2 Å². The van der Waals surface area contributed by atoms with Crippen molar-refractivity contribution in [1.29, 1.82) is 0 Å². The highest BCUT2D eigenvalue weighted by Gasteiger charge is 2.38. The van der Waals surface area contributed by atoms with Crippen LogP contribution in [0.1, 0.15) is 25.8 Å². The minimum atomic E-state index is -3.52. The summed E-state index contributed by atoms with van der Waals surface area (Å²) in [6, 6.07) is 16.5. The molecule has 1 fully saturated rings. The Labute approximate surface area is 168 Å². The van der Waals surface area contributed by atoms with E-state index >= 15 is 0 Å². The second-order valence-corrected chi connectivity index (χ2v) is 9.41. The largest absolute Gasteiger partial charge is 0.489 e. The summed E-state index contributed by atoms with van der Waals surface area (Å²) in [6.07, 6.45) is 0.671. The van der Waals surface area contributed by atoms with Gasteiger partial charge in [0.25, 0.3) is 0 Å². The predicted octanol–water partition coefficient (Wildman–Crippen LogP) is 3.44. The van der Waals surface area contributed by atoms with Crippen LogP contribution in [0.4, 0.5) is 0 Å². The molecule has 0 amide bonds. The third-order valence-corrected chi connectivity index (χ3v) is 6.85. The number of nitrogens with zero attached hydrogens (tertiary/aromatic N) is 1. The molecule has 0 bridgehead atoms. The monoisotopic (exact) mass is 410 g/mol. The molecular formula is C20H27ClN2O3S. The van der Waals surface area contributed by atoms with Crippen LogP contribution >= 0.6 is 12.4 Å². The van der Waals surface area contributed by atoms with Crippen LogP contribution in [-0.2, 0) is 16.6 Å². The van der Waals surface area contributed by atoms with Gasteiger partial charge in [-0.15, -0.1) is 12.4 Å². The van der Waals surface area contributed by atoms with Gasteiger partial charge in [-0.3, -0.25) is 0 Å². The van der Waals surface area contributed by atoms with E-state index in [1.807, 2.05) is 44.2 Å². The van der Waals surface area contributed by atoms with Gasteiger partial charge in [-0.25, -0.2) is 8.42 Å². The van der Waals surface area contributed by atoms with Crippen LogP contribution in [0.15, 0.2) is 59.5 Å². The van der Waals surface area contributed by atoms with Crippen LogP contribution in [0.25, 0.3) is 0 Å². The molecule has 5 nitrogen and oxygen atoms in total. The molecule has 27 heavy (non-hydrogen) atoms. The molecule has 1 saturated heterocycles. The molecule has 0 aromatic heterocycles. The Balaban J connectivity index is 0.00000261. The Hall–Kier alpha value is -1.60. The van der Waals surface area contributed by atoms with Gasteiger partial charge in [-0.05, 0) is 41.7 Å². The number of ether oxygens (including phenoxy) is 1. The summed E-state index contributed by atoms with van der Waals surface area (Å²) in [6.45, 7) is 5.37. The molecule has 148 valence electrons. The summed E-state index contributed by atoms with van der Waals surface area (Å²) in [5, 5.41) is 0. The molecule has 1 aliphatic rings. The van der Waals surface area contributed by atoms with Crippen LogP contribution in [0.5, 0.6) is 5.75 Å².